The van der Waals surface area contributed by atoms with E-state index >= 15 is 0 Å². The van der Waals surface area contributed by atoms with Gasteiger partial charge >= 0.3 is 0 Å². The molecular weight excluding hydrogens is 328 g/mol. The number of rotatable bonds is 6. The Hall–Kier alpha value is -2.26. The van der Waals surface area contributed by atoms with Gasteiger partial charge < -0.3 is 10.0 Å². The van der Waals surface area contributed by atoms with Gasteiger partial charge in [-0.05, 0) is 24.3 Å². The average Bonchev–Trinajstić information content (AvgIpc) is 2.51. The van der Waals surface area contributed by atoms with E-state index < -0.39 is 21.7 Å². The Morgan fingerprint density at radius 2 is 1.96 bits per heavy atom. The number of hydrogen-bond acceptors (Lipinski definition) is 5. The fourth-order valence-electron chi connectivity index (χ4n) is 1.80. The highest BCUT2D eigenvalue weighted by Crippen LogP contribution is 2.19. The average molecular weight is 343 g/mol. The Balaban J connectivity index is 2.20. The number of aromatic nitrogens is 1. The van der Waals surface area contributed by atoms with Crippen LogP contribution in [0.5, 0.6) is 0 Å². The van der Waals surface area contributed by atoms with Crippen LogP contribution in [0.4, 0.5) is 20.3 Å². The van der Waals surface area contributed by atoms with Gasteiger partial charge in [-0.3, -0.25) is 4.72 Å². The lowest BCUT2D eigenvalue weighted by molar-refractivity contribution is 0.304. The fraction of sp³-hybridized carbons (Fsp3) is 0.214. The summed E-state index contributed by atoms with van der Waals surface area (Å²) in [5.41, 5.74) is -0.0922. The zero-order valence-electron chi connectivity index (χ0n) is 12.2. The minimum atomic E-state index is -3.97. The summed E-state index contributed by atoms with van der Waals surface area (Å²) in [6.45, 7) is 0.294. The topological polar surface area (TPSA) is 82.5 Å². The van der Waals surface area contributed by atoms with E-state index in [1.807, 2.05) is 0 Å². The van der Waals surface area contributed by atoms with Crippen molar-refractivity contribution in [2.24, 2.45) is 0 Å². The lowest BCUT2D eigenvalue weighted by Crippen LogP contribution is -2.22. The minimum Gasteiger partial charge on any atom is -0.395 e. The first-order valence-electron chi connectivity index (χ1n) is 6.59. The van der Waals surface area contributed by atoms with Gasteiger partial charge in [0.05, 0.1) is 12.3 Å². The van der Waals surface area contributed by atoms with Crippen molar-refractivity contribution < 1.29 is 22.3 Å². The molecule has 0 saturated carbocycles. The van der Waals surface area contributed by atoms with Gasteiger partial charge in [-0.25, -0.2) is 22.2 Å². The zero-order valence-corrected chi connectivity index (χ0v) is 13.0. The predicted octanol–water partition coefficient (Wildman–Crippen LogP) is 1.59. The van der Waals surface area contributed by atoms with Crippen molar-refractivity contribution in [1.29, 1.82) is 0 Å². The van der Waals surface area contributed by atoms with E-state index in [0.29, 0.717) is 12.4 Å². The Kier molecular flexibility index (Phi) is 5.12. The molecule has 124 valence electrons. The van der Waals surface area contributed by atoms with Crippen molar-refractivity contribution in [3.8, 4) is 0 Å². The van der Waals surface area contributed by atoms with E-state index in [9.17, 15) is 17.2 Å². The predicted molar refractivity (Wildman–Crippen MR) is 81.8 cm³/mol. The Morgan fingerprint density at radius 1 is 1.22 bits per heavy atom. The zero-order chi connectivity index (χ0) is 17.0. The molecule has 2 N–H and O–H groups in total. The monoisotopic (exact) mass is 343 g/mol. The number of aliphatic hydroxyl groups is 1. The fourth-order valence-corrected chi connectivity index (χ4v) is 2.79. The highest BCUT2D eigenvalue weighted by molar-refractivity contribution is 7.92. The van der Waals surface area contributed by atoms with Gasteiger partial charge in [0.1, 0.15) is 10.7 Å². The molecule has 0 saturated heterocycles. The van der Waals surface area contributed by atoms with Crippen LogP contribution in [0, 0.1) is 11.6 Å². The number of benzene rings is 1. The summed E-state index contributed by atoms with van der Waals surface area (Å²) in [4.78, 5) is 5.53. The van der Waals surface area contributed by atoms with Gasteiger partial charge in [-0.15, -0.1) is 0 Å². The number of aliphatic hydroxyl groups excluding tert-OH is 1. The first-order valence-corrected chi connectivity index (χ1v) is 8.08. The Morgan fingerprint density at radius 3 is 2.52 bits per heavy atom. The maximum atomic E-state index is 13.1. The normalized spacial score (nSPS) is 11.3. The van der Waals surface area contributed by atoms with E-state index in [1.54, 1.807) is 11.9 Å². The van der Waals surface area contributed by atoms with E-state index in [1.165, 1.54) is 12.1 Å². The van der Waals surface area contributed by atoms with Crippen molar-refractivity contribution in [2.75, 3.05) is 29.8 Å². The lowest BCUT2D eigenvalue weighted by Gasteiger charge is -2.16. The molecule has 23 heavy (non-hydrogen) atoms. The number of likely N-dealkylation sites (N-methyl/N-ethyl adjacent to an activating group) is 1. The summed E-state index contributed by atoms with van der Waals surface area (Å²) < 4.78 is 52.5. The number of halogens is 2. The SMILES string of the molecule is CN(CCO)c1ccc(S(=O)(=O)Nc2ccc(F)c(F)c2)cn1. The molecule has 0 radical (unpaired) electrons. The molecule has 0 atom stereocenters. The molecule has 2 aromatic rings. The number of anilines is 2. The van der Waals surface area contributed by atoms with Crippen LogP contribution in [0.3, 0.4) is 0 Å². The standard InChI is InChI=1S/C14H15F2N3O3S/c1-19(6-7-20)14-5-3-11(9-17-14)23(21,22)18-10-2-4-12(15)13(16)8-10/h2-5,8-9,18,20H,6-7H2,1H3. The molecule has 1 aromatic heterocycles. The van der Waals surface area contributed by atoms with Crippen LogP contribution in [0.15, 0.2) is 41.4 Å². The van der Waals surface area contributed by atoms with E-state index in [2.05, 4.69) is 9.71 Å². The molecule has 0 amide bonds. The maximum Gasteiger partial charge on any atom is 0.263 e. The van der Waals surface area contributed by atoms with Crippen molar-refractivity contribution in [1.82, 2.24) is 4.98 Å². The van der Waals surface area contributed by atoms with Crippen LogP contribution in [0.2, 0.25) is 0 Å². The lowest BCUT2D eigenvalue weighted by atomic mass is 10.3. The van der Waals surface area contributed by atoms with Crippen LogP contribution in [0.25, 0.3) is 0 Å². The second-order valence-electron chi connectivity index (χ2n) is 4.73. The number of hydrogen-bond donors (Lipinski definition) is 2. The number of nitrogens with zero attached hydrogens (tertiary/aromatic N) is 2. The van der Waals surface area contributed by atoms with E-state index in [4.69, 9.17) is 5.11 Å². The summed E-state index contributed by atoms with van der Waals surface area (Å²) in [5.74, 6) is -1.72. The molecule has 0 spiro atoms. The van der Waals surface area contributed by atoms with E-state index in [0.717, 1.165) is 24.4 Å². The molecule has 0 unspecified atom stereocenters. The second kappa shape index (κ2) is 6.88. The maximum absolute atomic E-state index is 13.1. The first kappa shape index (κ1) is 17.1. The van der Waals surface area contributed by atoms with Crippen molar-refractivity contribution >= 4 is 21.5 Å². The molecule has 0 bridgehead atoms. The van der Waals surface area contributed by atoms with Gasteiger partial charge in [0.2, 0.25) is 0 Å². The summed E-state index contributed by atoms with van der Waals surface area (Å²) in [7, 11) is -2.27. The molecule has 0 fully saturated rings. The first-order chi connectivity index (χ1) is 10.8. The third-order valence-electron chi connectivity index (χ3n) is 3.03. The molecule has 9 heteroatoms. The summed E-state index contributed by atoms with van der Waals surface area (Å²) in [6, 6.07) is 5.52. The molecule has 0 aliphatic heterocycles. The van der Waals surface area contributed by atoms with Crippen LogP contribution in [-0.2, 0) is 10.0 Å². The van der Waals surface area contributed by atoms with Crippen molar-refractivity contribution in [3.63, 3.8) is 0 Å². The molecule has 1 aromatic carbocycles. The second-order valence-corrected chi connectivity index (χ2v) is 6.41. The van der Waals surface area contributed by atoms with Crippen LogP contribution in [0.1, 0.15) is 0 Å². The molecule has 1 heterocycles. The number of sulfonamides is 1. The van der Waals surface area contributed by atoms with E-state index in [-0.39, 0.29) is 17.2 Å². The Labute approximate surface area is 132 Å². The van der Waals surface area contributed by atoms with Gasteiger partial charge in [-0.1, -0.05) is 0 Å². The molecule has 0 aliphatic rings. The van der Waals surface area contributed by atoms with Gasteiger partial charge in [0, 0.05) is 25.9 Å². The third kappa shape index (κ3) is 4.14. The van der Waals surface area contributed by atoms with Crippen LogP contribution >= 0.6 is 0 Å². The third-order valence-corrected chi connectivity index (χ3v) is 4.40. The highest BCUT2D eigenvalue weighted by Gasteiger charge is 2.16. The number of nitrogens with one attached hydrogen (secondary N) is 1. The summed E-state index contributed by atoms with van der Waals surface area (Å²) >= 11 is 0. The van der Waals surface area contributed by atoms with Crippen molar-refractivity contribution in [2.45, 2.75) is 4.90 Å². The van der Waals surface area contributed by atoms with Crippen molar-refractivity contribution in [3.05, 3.63) is 48.2 Å². The molecule has 6 nitrogen and oxygen atoms in total. The Bertz CT molecular complexity index is 782. The summed E-state index contributed by atoms with van der Waals surface area (Å²) in [5, 5.41) is 8.86. The largest absolute Gasteiger partial charge is 0.395 e. The van der Waals surface area contributed by atoms with Gasteiger partial charge in [-0.2, -0.15) is 0 Å². The van der Waals surface area contributed by atoms with Crippen LogP contribution < -0.4 is 9.62 Å². The highest BCUT2D eigenvalue weighted by atomic mass is 32.2. The quantitative estimate of drug-likeness (QED) is 0.832. The van der Waals surface area contributed by atoms with Gasteiger partial charge in [0.25, 0.3) is 10.0 Å². The van der Waals surface area contributed by atoms with Crippen LogP contribution in [-0.4, -0.2) is 38.7 Å². The molecule has 0 aliphatic carbocycles. The number of pyridine rings is 1. The molecule has 2 rings (SSSR count). The minimum absolute atomic E-state index is 0.0596. The smallest absolute Gasteiger partial charge is 0.263 e. The summed E-state index contributed by atoms with van der Waals surface area (Å²) in [6.07, 6.45) is 1.14. The molecular formula is C14H15F2N3O3S. The van der Waals surface area contributed by atoms with Gasteiger partial charge in [0.15, 0.2) is 11.6 Å².